The highest BCUT2D eigenvalue weighted by atomic mass is 16.5. The zero-order valence-electron chi connectivity index (χ0n) is 12.2. The molecule has 1 atom stereocenters. The number of ether oxygens (including phenoxy) is 2. The first-order chi connectivity index (χ1) is 9.23. The molecule has 0 saturated heterocycles. The van der Waals surface area contributed by atoms with Gasteiger partial charge in [0.05, 0.1) is 19.8 Å². The van der Waals surface area contributed by atoms with Crippen LogP contribution in [0.2, 0.25) is 0 Å². The summed E-state index contributed by atoms with van der Waals surface area (Å²) < 4.78 is 11.1. The van der Waals surface area contributed by atoms with Gasteiger partial charge in [0.1, 0.15) is 5.54 Å². The van der Waals surface area contributed by atoms with E-state index in [-0.39, 0.29) is 5.97 Å². The lowest BCUT2D eigenvalue weighted by molar-refractivity contribution is -0.154. The maximum atomic E-state index is 12.3. The van der Waals surface area contributed by atoms with E-state index in [2.05, 4.69) is 12.2 Å². The van der Waals surface area contributed by atoms with Gasteiger partial charge < -0.3 is 9.47 Å². The van der Waals surface area contributed by atoms with Crippen LogP contribution in [0.15, 0.2) is 0 Å². The zero-order chi connectivity index (χ0) is 13.7. The fourth-order valence-electron chi connectivity index (χ4n) is 3.02. The van der Waals surface area contributed by atoms with Crippen molar-refractivity contribution in [2.45, 2.75) is 63.5 Å². The predicted octanol–water partition coefficient (Wildman–Crippen LogP) is 2.27. The average Bonchev–Trinajstić information content (AvgIpc) is 3.16. The van der Waals surface area contributed by atoms with E-state index in [1.165, 1.54) is 20.0 Å². The van der Waals surface area contributed by atoms with E-state index in [4.69, 9.17) is 9.47 Å². The first-order valence-corrected chi connectivity index (χ1v) is 7.68. The number of carbonyl (C=O) groups excluding carboxylic acids is 1. The lowest BCUT2D eigenvalue weighted by Crippen LogP contribution is -2.58. The zero-order valence-corrected chi connectivity index (χ0v) is 12.2. The van der Waals surface area contributed by atoms with Crippen LogP contribution in [0.5, 0.6) is 0 Å². The number of rotatable bonds is 8. The van der Waals surface area contributed by atoms with E-state index in [1.807, 2.05) is 0 Å². The van der Waals surface area contributed by atoms with Crippen LogP contribution in [0.3, 0.4) is 0 Å². The molecule has 110 valence electrons. The van der Waals surface area contributed by atoms with Crippen molar-refractivity contribution in [3.8, 4) is 0 Å². The van der Waals surface area contributed by atoms with Crippen LogP contribution >= 0.6 is 0 Å². The van der Waals surface area contributed by atoms with Gasteiger partial charge in [-0.2, -0.15) is 0 Å². The Hall–Kier alpha value is -0.610. The largest absolute Gasteiger partial charge is 0.468 e. The fourth-order valence-corrected chi connectivity index (χ4v) is 3.02. The Morgan fingerprint density at radius 2 is 1.95 bits per heavy atom. The quantitative estimate of drug-likeness (QED) is 0.687. The summed E-state index contributed by atoms with van der Waals surface area (Å²) in [7, 11) is 1.47. The minimum absolute atomic E-state index is 0.151. The monoisotopic (exact) mass is 269 g/mol. The fraction of sp³-hybridized carbons (Fsp3) is 0.933. The van der Waals surface area contributed by atoms with Gasteiger partial charge in [0, 0.05) is 0 Å². The van der Waals surface area contributed by atoms with E-state index >= 15 is 0 Å². The Labute approximate surface area is 116 Å². The van der Waals surface area contributed by atoms with Gasteiger partial charge in [-0.05, 0) is 44.6 Å². The van der Waals surface area contributed by atoms with E-state index in [1.54, 1.807) is 0 Å². The van der Waals surface area contributed by atoms with E-state index < -0.39 is 5.54 Å². The van der Waals surface area contributed by atoms with Crippen molar-refractivity contribution in [3.63, 3.8) is 0 Å². The summed E-state index contributed by atoms with van der Waals surface area (Å²) in [5.74, 6) is 0.231. The summed E-state index contributed by atoms with van der Waals surface area (Å²) in [5.41, 5.74) is -0.604. The third-order valence-electron chi connectivity index (χ3n) is 4.36. The van der Waals surface area contributed by atoms with Gasteiger partial charge in [0.2, 0.25) is 0 Å². The van der Waals surface area contributed by atoms with Crippen molar-refractivity contribution in [1.29, 1.82) is 0 Å². The molecule has 0 aromatic carbocycles. The second-order valence-electron chi connectivity index (χ2n) is 5.88. The Bertz CT molecular complexity index is 298. The van der Waals surface area contributed by atoms with E-state index in [0.29, 0.717) is 18.6 Å². The molecule has 1 unspecified atom stereocenters. The smallest absolute Gasteiger partial charge is 0.328 e. The molecule has 0 spiro atoms. The standard InChI is InChI=1S/C15H27NO3/c1-3-10-16-15(12-8-9-12,14(17)18-2)11-19-13-6-4-5-7-13/h12-13,16H,3-11H2,1-2H3. The number of hydrogen-bond acceptors (Lipinski definition) is 4. The molecule has 0 bridgehead atoms. The van der Waals surface area contributed by atoms with Crippen molar-refractivity contribution in [2.75, 3.05) is 20.3 Å². The van der Waals surface area contributed by atoms with Crippen LogP contribution < -0.4 is 5.32 Å². The molecule has 2 rings (SSSR count). The van der Waals surface area contributed by atoms with Crippen molar-refractivity contribution in [2.24, 2.45) is 5.92 Å². The Kier molecular flexibility index (Phi) is 5.22. The predicted molar refractivity (Wildman–Crippen MR) is 74.0 cm³/mol. The lowest BCUT2D eigenvalue weighted by Gasteiger charge is -2.33. The van der Waals surface area contributed by atoms with E-state index in [9.17, 15) is 4.79 Å². The first-order valence-electron chi connectivity index (χ1n) is 7.68. The maximum Gasteiger partial charge on any atom is 0.328 e. The first kappa shape index (κ1) is 14.8. The normalized spacial score (nSPS) is 23.3. The second kappa shape index (κ2) is 6.71. The summed E-state index contributed by atoms with van der Waals surface area (Å²) in [6.45, 7) is 3.41. The molecule has 0 aromatic heterocycles. The molecule has 1 N–H and O–H groups in total. The Morgan fingerprint density at radius 1 is 1.26 bits per heavy atom. The van der Waals surface area contributed by atoms with E-state index in [0.717, 1.165) is 38.6 Å². The average molecular weight is 269 g/mol. The molecule has 4 heteroatoms. The lowest BCUT2D eigenvalue weighted by atomic mass is 9.93. The van der Waals surface area contributed by atoms with Crippen molar-refractivity contribution in [1.82, 2.24) is 5.32 Å². The van der Waals surface area contributed by atoms with Crippen LogP contribution in [0.25, 0.3) is 0 Å². The molecule has 0 aromatic rings. The molecule has 2 fully saturated rings. The van der Waals surface area contributed by atoms with Gasteiger partial charge in [-0.3, -0.25) is 5.32 Å². The number of nitrogens with one attached hydrogen (secondary N) is 1. The van der Waals surface area contributed by atoms with Gasteiger partial charge >= 0.3 is 5.97 Å². The topological polar surface area (TPSA) is 47.6 Å². The van der Waals surface area contributed by atoms with Gasteiger partial charge in [-0.15, -0.1) is 0 Å². The number of carbonyl (C=O) groups is 1. The highest BCUT2D eigenvalue weighted by Crippen LogP contribution is 2.41. The molecule has 2 aliphatic rings. The molecule has 19 heavy (non-hydrogen) atoms. The summed E-state index contributed by atoms with van der Waals surface area (Å²) in [5, 5.41) is 3.42. The third kappa shape index (κ3) is 3.48. The molecule has 4 nitrogen and oxygen atoms in total. The summed E-state index contributed by atoms with van der Waals surface area (Å²) in [6, 6.07) is 0. The number of methoxy groups -OCH3 is 1. The Morgan fingerprint density at radius 3 is 2.47 bits per heavy atom. The summed E-state index contributed by atoms with van der Waals surface area (Å²) >= 11 is 0. The highest BCUT2D eigenvalue weighted by molar-refractivity contribution is 5.82. The molecule has 0 aliphatic heterocycles. The molecule has 2 aliphatic carbocycles. The molecule has 0 heterocycles. The number of hydrogen-bond donors (Lipinski definition) is 1. The van der Waals surface area contributed by atoms with Gasteiger partial charge in [-0.25, -0.2) is 4.79 Å². The SMILES string of the molecule is CCCNC(COC1CCCC1)(C(=O)OC)C1CC1. The van der Waals surface area contributed by atoms with Crippen molar-refractivity contribution in [3.05, 3.63) is 0 Å². The second-order valence-corrected chi connectivity index (χ2v) is 5.88. The highest BCUT2D eigenvalue weighted by Gasteiger charge is 2.52. The van der Waals surface area contributed by atoms with Gasteiger partial charge in [0.25, 0.3) is 0 Å². The summed E-state index contributed by atoms with van der Waals surface area (Å²) in [4.78, 5) is 12.3. The van der Waals surface area contributed by atoms with Crippen LogP contribution in [0, 0.1) is 5.92 Å². The molecule has 2 saturated carbocycles. The van der Waals surface area contributed by atoms with Crippen molar-refractivity contribution >= 4 is 5.97 Å². The minimum atomic E-state index is -0.604. The Balaban J connectivity index is 1.99. The van der Waals surface area contributed by atoms with Crippen LogP contribution in [0.1, 0.15) is 51.9 Å². The maximum absolute atomic E-state index is 12.3. The molecule has 0 amide bonds. The van der Waals surface area contributed by atoms with Gasteiger partial charge in [-0.1, -0.05) is 19.8 Å². The molecule has 0 radical (unpaired) electrons. The minimum Gasteiger partial charge on any atom is -0.468 e. The molecular weight excluding hydrogens is 242 g/mol. The van der Waals surface area contributed by atoms with Crippen LogP contribution in [0.4, 0.5) is 0 Å². The number of esters is 1. The van der Waals surface area contributed by atoms with Crippen LogP contribution in [-0.2, 0) is 14.3 Å². The molecular formula is C15H27NO3. The van der Waals surface area contributed by atoms with Gasteiger partial charge in [0.15, 0.2) is 0 Å². The summed E-state index contributed by atoms with van der Waals surface area (Å²) in [6.07, 6.45) is 8.31. The van der Waals surface area contributed by atoms with Crippen LogP contribution in [-0.4, -0.2) is 37.9 Å². The van der Waals surface area contributed by atoms with Crippen molar-refractivity contribution < 1.29 is 14.3 Å². The third-order valence-corrected chi connectivity index (χ3v) is 4.36.